The summed E-state index contributed by atoms with van der Waals surface area (Å²) in [4.78, 5) is 59.9. The van der Waals surface area contributed by atoms with Crippen LogP contribution in [0.3, 0.4) is 0 Å². The van der Waals surface area contributed by atoms with Crippen LogP contribution in [0.4, 0.5) is 0 Å². The molecule has 42 heavy (non-hydrogen) atoms. The van der Waals surface area contributed by atoms with E-state index in [1.54, 1.807) is 52.0 Å². The van der Waals surface area contributed by atoms with Gasteiger partial charge in [0.25, 0.3) is 0 Å². The molecule has 0 amide bonds. The number of aromatic amines is 2. The third-order valence-electron chi connectivity index (χ3n) is 6.52. The lowest BCUT2D eigenvalue weighted by Gasteiger charge is -2.19. The van der Waals surface area contributed by atoms with Crippen LogP contribution in [-0.2, 0) is 38.1 Å². The summed E-state index contributed by atoms with van der Waals surface area (Å²) in [7, 11) is 0. The van der Waals surface area contributed by atoms with Crippen LogP contribution in [0.25, 0.3) is 32.9 Å². The minimum absolute atomic E-state index is 0.0334. The van der Waals surface area contributed by atoms with Crippen LogP contribution in [0.2, 0.25) is 0 Å². The van der Waals surface area contributed by atoms with E-state index < -0.39 is 35.7 Å². The van der Waals surface area contributed by atoms with Gasteiger partial charge in [-0.25, -0.2) is 0 Å². The molecule has 0 spiro atoms. The highest BCUT2D eigenvalue weighted by atomic mass is 79.9. The molecule has 0 atom stereocenters. The first-order chi connectivity index (χ1) is 20.2. The van der Waals surface area contributed by atoms with Gasteiger partial charge in [-0.05, 0) is 52.0 Å². The van der Waals surface area contributed by atoms with E-state index in [2.05, 4.69) is 41.8 Å². The van der Waals surface area contributed by atoms with Crippen LogP contribution in [0.5, 0.6) is 0 Å². The molecule has 2 aromatic heterocycles. The number of carbonyl (C=O) groups excluding carboxylic acids is 4. The number of benzene rings is 2. The molecule has 2 aromatic carbocycles. The average Bonchev–Trinajstić information content (AvgIpc) is 3.49. The van der Waals surface area contributed by atoms with Gasteiger partial charge in [0.15, 0.2) is 11.8 Å². The third kappa shape index (κ3) is 5.82. The van der Waals surface area contributed by atoms with Crippen molar-refractivity contribution in [2.75, 3.05) is 26.4 Å². The Balaban J connectivity index is 2.20. The maximum Gasteiger partial charge on any atom is 0.326 e. The summed E-state index contributed by atoms with van der Waals surface area (Å²) in [5, 5.41) is 1.21. The second-order valence-corrected chi connectivity index (χ2v) is 10.7. The van der Waals surface area contributed by atoms with Gasteiger partial charge in [-0.15, -0.1) is 0 Å². The van der Waals surface area contributed by atoms with Crippen LogP contribution in [0.1, 0.15) is 50.9 Å². The van der Waals surface area contributed by atoms with Crippen molar-refractivity contribution in [1.82, 2.24) is 9.97 Å². The SMILES string of the molecule is CCOC(=O)C(C(=O)OCC)c1[nH]c2cccc(Br)c2c1-c1c(C(C(=O)OCC)C(=O)OCC)[nH]c2cccc(Br)c12. The second kappa shape index (κ2) is 13.6. The van der Waals surface area contributed by atoms with Crippen LogP contribution < -0.4 is 0 Å². The van der Waals surface area contributed by atoms with E-state index in [4.69, 9.17) is 18.9 Å². The summed E-state index contributed by atoms with van der Waals surface area (Å²) < 4.78 is 22.5. The van der Waals surface area contributed by atoms with E-state index in [9.17, 15) is 19.2 Å². The van der Waals surface area contributed by atoms with Gasteiger partial charge in [0.1, 0.15) is 0 Å². The van der Waals surface area contributed by atoms with Gasteiger partial charge in [0.05, 0.1) is 26.4 Å². The molecule has 0 aliphatic carbocycles. The molecule has 2 heterocycles. The first kappa shape index (κ1) is 31.3. The Morgan fingerprint density at radius 3 is 1.19 bits per heavy atom. The van der Waals surface area contributed by atoms with Crippen LogP contribution in [0.15, 0.2) is 45.3 Å². The molecule has 0 aliphatic heterocycles. The number of nitrogens with one attached hydrogen (secondary N) is 2. The molecule has 0 fully saturated rings. The molecule has 12 heteroatoms. The Hall–Kier alpha value is -3.64. The smallest absolute Gasteiger partial charge is 0.326 e. The van der Waals surface area contributed by atoms with Crippen LogP contribution in [-0.4, -0.2) is 60.3 Å². The molecule has 0 radical (unpaired) electrons. The Morgan fingerprint density at radius 2 is 0.905 bits per heavy atom. The largest absolute Gasteiger partial charge is 0.465 e. The maximum absolute atomic E-state index is 13.4. The van der Waals surface area contributed by atoms with Crippen LogP contribution in [0, 0.1) is 0 Å². The molecule has 0 bridgehead atoms. The Kier molecular flexibility index (Phi) is 10.1. The standard InChI is InChI=1S/C30H30Br2N2O8/c1-5-39-27(35)23(28(36)40-6-2)25-21(19-15(31)11-9-13-17(19)33-25)22-20-16(32)12-10-14-18(20)34-26(22)24(29(37)41-7-3)30(38)42-8-4/h9-14,23-24,33-34H,5-8H2,1-4H3. The molecule has 4 aromatic rings. The fraction of sp³-hybridized carbons (Fsp3) is 0.333. The van der Waals surface area contributed by atoms with Gasteiger partial charge >= 0.3 is 23.9 Å². The topological polar surface area (TPSA) is 137 Å². The molecular weight excluding hydrogens is 676 g/mol. The van der Waals surface area contributed by atoms with E-state index in [1.165, 1.54) is 0 Å². The third-order valence-corrected chi connectivity index (χ3v) is 7.84. The van der Waals surface area contributed by atoms with Crippen molar-refractivity contribution >= 4 is 77.5 Å². The molecular formula is C30H30Br2N2O8. The molecule has 0 saturated heterocycles. The number of carbonyl (C=O) groups is 4. The second-order valence-electron chi connectivity index (χ2n) is 9.03. The van der Waals surface area contributed by atoms with Gasteiger partial charge < -0.3 is 28.9 Å². The van der Waals surface area contributed by atoms with Crippen LogP contribution >= 0.6 is 31.9 Å². The minimum atomic E-state index is -1.50. The number of aromatic nitrogens is 2. The van der Waals surface area contributed by atoms with E-state index in [-0.39, 0.29) is 37.8 Å². The summed E-state index contributed by atoms with van der Waals surface area (Å²) in [5.41, 5.74) is 2.33. The number of esters is 4. The molecule has 2 N–H and O–H groups in total. The summed E-state index contributed by atoms with van der Waals surface area (Å²) in [6.07, 6.45) is 0. The highest BCUT2D eigenvalue weighted by Crippen LogP contribution is 2.48. The van der Waals surface area contributed by atoms with Gasteiger partial charge in [-0.3, -0.25) is 19.2 Å². The summed E-state index contributed by atoms with van der Waals surface area (Å²) in [6, 6.07) is 10.8. The summed E-state index contributed by atoms with van der Waals surface area (Å²) in [6.45, 7) is 6.69. The Bertz CT molecular complexity index is 1500. The van der Waals surface area contributed by atoms with Gasteiger partial charge in [0.2, 0.25) is 0 Å². The fourth-order valence-electron chi connectivity index (χ4n) is 4.97. The number of H-pyrrole nitrogens is 2. The summed E-state index contributed by atoms with van der Waals surface area (Å²) in [5.74, 6) is -6.24. The zero-order valence-electron chi connectivity index (χ0n) is 23.5. The fourth-order valence-corrected chi connectivity index (χ4v) is 6.10. The van der Waals surface area contributed by atoms with Gasteiger partial charge in [-0.2, -0.15) is 0 Å². The monoisotopic (exact) mass is 704 g/mol. The Morgan fingerprint density at radius 1 is 0.595 bits per heavy atom. The predicted molar refractivity (Wildman–Crippen MR) is 163 cm³/mol. The number of halogens is 2. The average molecular weight is 706 g/mol. The molecule has 0 aliphatic rings. The first-order valence-electron chi connectivity index (χ1n) is 13.5. The lowest BCUT2D eigenvalue weighted by atomic mass is 9.89. The van der Waals surface area contributed by atoms with Gasteiger partial charge in [-0.1, -0.05) is 44.0 Å². The number of rotatable bonds is 11. The van der Waals surface area contributed by atoms with Crippen molar-refractivity contribution in [3.8, 4) is 11.1 Å². The number of hydrogen-bond donors (Lipinski definition) is 2. The van der Waals surface area contributed by atoms with Crippen molar-refractivity contribution in [2.24, 2.45) is 0 Å². The van der Waals surface area contributed by atoms with Crippen molar-refractivity contribution in [3.63, 3.8) is 0 Å². The predicted octanol–water partition coefficient (Wildman–Crippen LogP) is 6.26. The van der Waals surface area contributed by atoms with Crippen molar-refractivity contribution in [2.45, 2.75) is 39.5 Å². The Labute approximate surface area is 258 Å². The quantitative estimate of drug-likeness (QED) is 0.106. The van der Waals surface area contributed by atoms with Crippen molar-refractivity contribution in [3.05, 3.63) is 56.7 Å². The van der Waals surface area contributed by atoms with Crippen molar-refractivity contribution < 1.29 is 38.1 Å². The number of hydrogen-bond acceptors (Lipinski definition) is 8. The van der Waals surface area contributed by atoms with E-state index in [1.807, 2.05) is 12.1 Å². The molecule has 10 nitrogen and oxygen atoms in total. The van der Waals surface area contributed by atoms with E-state index >= 15 is 0 Å². The van der Waals surface area contributed by atoms with Gasteiger partial charge in [0, 0.05) is 53.3 Å². The minimum Gasteiger partial charge on any atom is -0.465 e. The highest BCUT2D eigenvalue weighted by molar-refractivity contribution is 9.11. The number of fused-ring (bicyclic) bond motifs is 2. The molecule has 0 unspecified atom stereocenters. The van der Waals surface area contributed by atoms with E-state index in [0.717, 1.165) is 0 Å². The normalized spacial score (nSPS) is 11.3. The lowest BCUT2D eigenvalue weighted by Crippen LogP contribution is -2.28. The summed E-state index contributed by atoms with van der Waals surface area (Å²) >= 11 is 7.25. The molecule has 4 rings (SSSR count). The first-order valence-corrected chi connectivity index (χ1v) is 15.1. The van der Waals surface area contributed by atoms with Crippen molar-refractivity contribution in [1.29, 1.82) is 0 Å². The van der Waals surface area contributed by atoms with E-state index in [0.29, 0.717) is 41.9 Å². The maximum atomic E-state index is 13.4. The highest BCUT2D eigenvalue weighted by Gasteiger charge is 2.41. The number of ether oxygens (including phenoxy) is 4. The molecule has 222 valence electrons. The zero-order chi connectivity index (χ0) is 30.6. The molecule has 0 saturated carbocycles. The lowest BCUT2D eigenvalue weighted by molar-refractivity contribution is -0.159. The zero-order valence-corrected chi connectivity index (χ0v) is 26.6.